The summed E-state index contributed by atoms with van der Waals surface area (Å²) in [5, 5.41) is 3.34. The van der Waals surface area contributed by atoms with Crippen molar-refractivity contribution in [2.45, 2.75) is 6.92 Å². The van der Waals surface area contributed by atoms with E-state index < -0.39 is 0 Å². The SMILES string of the molecule is Cc1ccc(C(=O)NC(=S)N2CCSCC2)cc1. The van der Waals surface area contributed by atoms with Crippen LogP contribution < -0.4 is 5.32 Å². The Bertz CT molecular complexity index is 439. The summed E-state index contributed by atoms with van der Waals surface area (Å²) in [6, 6.07) is 7.49. The zero-order valence-corrected chi connectivity index (χ0v) is 11.9. The van der Waals surface area contributed by atoms with Crippen LogP contribution >= 0.6 is 24.0 Å². The van der Waals surface area contributed by atoms with Crippen LogP contribution in [0.3, 0.4) is 0 Å². The highest BCUT2D eigenvalue weighted by molar-refractivity contribution is 7.99. The van der Waals surface area contributed by atoms with Crippen molar-refractivity contribution in [3.63, 3.8) is 0 Å². The average Bonchev–Trinajstić information content (AvgIpc) is 2.40. The lowest BCUT2D eigenvalue weighted by Gasteiger charge is -2.28. The van der Waals surface area contributed by atoms with Crippen LogP contribution in [0, 0.1) is 6.92 Å². The molecule has 1 aliphatic heterocycles. The zero-order chi connectivity index (χ0) is 13.0. The van der Waals surface area contributed by atoms with Gasteiger partial charge in [-0.15, -0.1) is 0 Å². The highest BCUT2D eigenvalue weighted by Gasteiger charge is 2.16. The second kappa shape index (κ2) is 6.20. The number of hydrogen-bond donors (Lipinski definition) is 1. The number of thiocarbonyl (C=S) groups is 1. The molecule has 0 saturated carbocycles. The van der Waals surface area contributed by atoms with E-state index in [4.69, 9.17) is 12.2 Å². The van der Waals surface area contributed by atoms with E-state index in [1.807, 2.05) is 43.0 Å². The Labute approximate surface area is 117 Å². The summed E-state index contributed by atoms with van der Waals surface area (Å²) in [5.41, 5.74) is 1.79. The molecule has 1 aliphatic rings. The van der Waals surface area contributed by atoms with E-state index >= 15 is 0 Å². The van der Waals surface area contributed by atoms with Gasteiger partial charge in [0.15, 0.2) is 5.11 Å². The molecule has 0 aliphatic carbocycles. The fourth-order valence-electron chi connectivity index (χ4n) is 1.72. The molecular formula is C13H16N2OS2. The van der Waals surface area contributed by atoms with Gasteiger partial charge in [0.05, 0.1) is 0 Å². The van der Waals surface area contributed by atoms with Gasteiger partial charge >= 0.3 is 0 Å². The topological polar surface area (TPSA) is 32.3 Å². The number of nitrogens with zero attached hydrogens (tertiary/aromatic N) is 1. The highest BCUT2D eigenvalue weighted by Crippen LogP contribution is 2.09. The van der Waals surface area contributed by atoms with Crippen molar-refractivity contribution < 1.29 is 4.79 Å². The first-order chi connectivity index (χ1) is 8.66. The first-order valence-electron chi connectivity index (χ1n) is 5.91. The van der Waals surface area contributed by atoms with Crippen LogP contribution in [0.25, 0.3) is 0 Å². The van der Waals surface area contributed by atoms with Crippen LogP contribution in [0.5, 0.6) is 0 Å². The molecule has 0 radical (unpaired) electrons. The van der Waals surface area contributed by atoms with Gasteiger partial charge in [-0.05, 0) is 31.3 Å². The number of rotatable bonds is 1. The lowest BCUT2D eigenvalue weighted by Crippen LogP contribution is -2.46. The summed E-state index contributed by atoms with van der Waals surface area (Å²) in [6.45, 7) is 3.83. The number of carbonyl (C=O) groups is 1. The molecule has 0 spiro atoms. The van der Waals surface area contributed by atoms with E-state index in [2.05, 4.69) is 10.2 Å². The van der Waals surface area contributed by atoms with Crippen LogP contribution in [0.1, 0.15) is 15.9 Å². The van der Waals surface area contributed by atoms with E-state index in [-0.39, 0.29) is 5.91 Å². The fourth-order valence-corrected chi connectivity index (χ4v) is 2.90. The molecule has 0 unspecified atom stereocenters. The van der Waals surface area contributed by atoms with Crippen molar-refractivity contribution >= 4 is 35.0 Å². The molecule has 1 fully saturated rings. The van der Waals surface area contributed by atoms with Crippen LogP contribution in [0.15, 0.2) is 24.3 Å². The van der Waals surface area contributed by atoms with E-state index in [1.54, 1.807) is 0 Å². The largest absolute Gasteiger partial charge is 0.347 e. The van der Waals surface area contributed by atoms with Crippen molar-refractivity contribution in [1.29, 1.82) is 0 Å². The van der Waals surface area contributed by atoms with E-state index in [9.17, 15) is 4.79 Å². The van der Waals surface area contributed by atoms with Gasteiger partial charge < -0.3 is 4.90 Å². The maximum atomic E-state index is 12.0. The van der Waals surface area contributed by atoms with Crippen molar-refractivity contribution in [3.8, 4) is 0 Å². The molecule has 0 bridgehead atoms. The summed E-state index contributed by atoms with van der Waals surface area (Å²) in [4.78, 5) is 14.0. The molecule has 1 aromatic rings. The Morgan fingerprint density at radius 3 is 2.50 bits per heavy atom. The molecule has 1 saturated heterocycles. The Hall–Kier alpha value is -1.07. The maximum Gasteiger partial charge on any atom is 0.257 e. The molecule has 1 aromatic carbocycles. The van der Waals surface area contributed by atoms with E-state index in [1.165, 1.54) is 0 Å². The average molecular weight is 280 g/mol. The fraction of sp³-hybridized carbons (Fsp3) is 0.385. The van der Waals surface area contributed by atoms with Gasteiger partial charge in [0.1, 0.15) is 0 Å². The third-order valence-corrected chi connectivity index (χ3v) is 4.14. The molecular weight excluding hydrogens is 264 g/mol. The molecule has 18 heavy (non-hydrogen) atoms. The van der Waals surface area contributed by atoms with Crippen LogP contribution in [0.4, 0.5) is 0 Å². The Morgan fingerprint density at radius 1 is 1.28 bits per heavy atom. The van der Waals surface area contributed by atoms with Crippen molar-refractivity contribution in [2.24, 2.45) is 0 Å². The molecule has 1 N–H and O–H groups in total. The van der Waals surface area contributed by atoms with Gasteiger partial charge in [0.25, 0.3) is 5.91 Å². The number of hydrogen-bond acceptors (Lipinski definition) is 3. The monoisotopic (exact) mass is 280 g/mol. The molecule has 1 heterocycles. The zero-order valence-electron chi connectivity index (χ0n) is 10.3. The van der Waals surface area contributed by atoms with Crippen molar-refractivity contribution in [1.82, 2.24) is 10.2 Å². The highest BCUT2D eigenvalue weighted by atomic mass is 32.2. The number of amides is 1. The van der Waals surface area contributed by atoms with Crippen molar-refractivity contribution in [3.05, 3.63) is 35.4 Å². The molecule has 5 heteroatoms. The molecule has 96 valence electrons. The minimum atomic E-state index is -0.127. The lowest BCUT2D eigenvalue weighted by molar-refractivity contribution is 0.0973. The minimum absolute atomic E-state index is 0.127. The third-order valence-electron chi connectivity index (χ3n) is 2.83. The van der Waals surface area contributed by atoms with Gasteiger partial charge in [-0.3, -0.25) is 10.1 Å². The van der Waals surface area contributed by atoms with Gasteiger partial charge in [0, 0.05) is 30.2 Å². The molecule has 0 atom stereocenters. The standard InChI is InChI=1S/C13H16N2OS2/c1-10-2-4-11(5-3-10)12(16)14-13(17)15-6-8-18-9-7-15/h2-5H,6-9H2,1H3,(H,14,16,17). The van der Waals surface area contributed by atoms with Crippen LogP contribution in [-0.2, 0) is 0 Å². The van der Waals surface area contributed by atoms with Crippen LogP contribution in [-0.4, -0.2) is 40.5 Å². The number of aryl methyl sites for hydroxylation is 1. The third kappa shape index (κ3) is 3.46. The van der Waals surface area contributed by atoms with Crippen LogP contribution in [0.2, 0.25) is 0 Å². The van der Waals surface area contributed by atoms with Gasteiger partial charge in [0.2, 0.25) is 0 Å². The summed E-state index contributed by atoms with van der Waals surface area (Å²) in [5.74, 6) is 2.01. The second-order valence-corrected chi connectivity index (χ2v) is 5.84. The molecule has 1 amide bonds. The predicted molar refractivity (Wildman–Crippen MR) is 80.1 cm³/mol. The first kappa shape index (κ1) is 13.4. The van der Waals surface area contributed by atoms with Gasteiger partial charge in [-0.2, -0.15) is 11.8 Å². The Kier molecular flexibility index (Phi) is 4.60. The summed E-state index contributed by atoms with van der Waals surface area (Å²) in [6.07, 6.45) is 0. The Balaban J connectivity index is 1.94. The first-order valence-corrected chi connectivity index (χ1v) is 7.48. The van der Waals surface area contributed by atoms with Gasteiger partial charge in [-0.25, -0.2) is 0 Å². The molecule has 3 nitrogen and oxygen atoms in total. The molecule has 0 aromatic heterocycles. The normalized spacial score (nSPS) is 15.3. The van der Waals surface area contributed by atoms with E-state index in [0.717, 1.165) is 30.2 Å². The van der Waals surface area contributed by atoms with Gasteiger partial charge in [-0.1, -0.05) is 17.7 Å². The maximum absolute atomic E-state index is 12.0. The number of thioether (sulfide) groups is 1. The smallest absolute Gasteiger partial charge is 0.257 e. The number of carbonyl (C=O) groups excluding carboxylic acids is 1. The summed E-state index contributed by atoms with van der Waals surface area (Å²) in [7, 11) is 0. The molecule has 2 rings (SSSR count). The second-order valence-electron chi connectivity index (χ2n) is 4.22. The lowest BCUT2D eigenvalue weighted by atomic mass is 10.1. The van der Waals surface area contributed by atoms with Crippen molar-refractivity contribution in [2.75, 3.05) is 24.6 Å². The predicted octanol–water partition coefficient (Wildman–Crippen LogP) is 2.06. The summed E-state index contributed by atoms with van der Waals surface area (Å²) >= 11 is 7.18. The Morgan fingerprint density at radius 2 is 1.89 bits per heavy atom. The quantitative estimate of drug-likeness (QED) is 0.798. The summed E-state index contributed by atoms with van der Waals surface area (Å²) < 4.78 is 0. The number of nitrogens with one attached hydrogen (secondary N) is 1. The number of benzene rings is 1. The minimum Gasteiger partial charge on any atom is -0.347 e. The van der Waals surface area contributed by atoms with E-state index in [0.29, 0.717) is 10.7 Å².